The molecule has 0 aliphatic rings. The smallest absolute Gasteiger partial charge is 0.124 e. The molecule has 0 aromatic heterocycles. The molecule has 0 bridgehead atoms. The van der Waals surface area contributed by atoms with Gasteiger partial charge in [0.2, 0.25) is 0 Å². The van der Waals surface area contributed by atoms with E-state index in [-0.39, 0.29) is 5.41 Å². The Labute approximate surface area is 263 Å². The van der Waals surface area contributed by atoms with Crippen LogP contribution in [-0.2, 0) is 18.4 Å². The van der Waals surface area contributed by atoms with Gasteiger partial charge in [0.05, 0.1) is 0 Å². The van der Waals surface area contributed by atoms with Gasteiger partial charge in [-0.25, -0.2) is 0 Å². The number of rotatable bonds is 12. The number of hydrogen-bond donors (Lipinski definition) is 2. The van der Waals surface area contributed by atoms with Gasteiger partial charge in [-0.2, -0.15) is 0 Å². The molecule has 3 aromatic carbocycles. The third-order valence-electron chi connectivity index (χ3n) is 8.16. The summed E-state index contributed by atoms with van der Waals surface area (Å²) < 4.78 is 0. The van der Waals surface area contributed by atoms with E-state index >= 15 is 0 Å². The highest BCUT2D eigenvalue weighted by Gasteiger charge is 2.24. The third kappa shape index (κ3) is 10.2. The van der Waals surface area contributed by atoms with E-state index in [1.807, 2.05) is 6.92 Å². The van der Waals surface area contributed by atoms with Crippen molar-refractivity contribution >= 4 is 22.6 Å². The lowest BCUT2D eigenvalue weighted by molar-refractivity contribution is 0.306. The first-order valence-electron chi connectivity index (χ1n) is 16.2. The van der Waals surface area contributed by atoms with Gasteiger partial charge in [-0.3, -0.25) is 0 Å². The van der Waals surface area contributed by atoms with E-state index in [2.05, 4.69) is 147 Å². The molecular formula is C40H58N2O. The molecule has 0 spiro atoms. The van der Waals surface area contributed by atoms with Crippen molar-refractivity contribution < 1.29 is 5.11 Å². The number of allylic oxidation sites excluding steroid dienone is 1. The molecular weight excluding hydrogens is 524 g/mol. The van der Waals surface area contributed by atoms with Gasteiger partial charge in [-0.15, -0.1) is 0 Å². The quantitative estimate of drug-likeness (QED) is 0.223. The lowest BCUT2D eigenvalue weighted by atomic mass is 9.83. The third-order valence-corrected chi connectivity index (χ3v) is 8.16. The molecule has 0 saturated heterocycles. The minimum atomic E-state index is -0.172. The average Bonchev–Trinajstić information content (AvgIpc) is 2.87. The minimum absolute atomic E-state index is 0.172. The van der Waals surface area contributed by atoms with Crippen molar-refractivity contribution in [3.05, 3.63) is 89.5 Å². The highest BCUT2D eigenvalue weighted by atomic mass is 16.3. The summed E-state index contributed by atoms with van der Waals surface area (Å²) in [5.41, 5.74) is 8.90. The van der Waals surface area contributed by atoms with Crippen LogP contribution >= 0.6 is 0 Å². The molecule has 2 atom stereocenters. The first kappa shape index (κ1) is 34.3. The Bertz CT molecular complexity index is 1340. The van der Waals surface area contributed by atoms with Gasteiger partial charge >= 0.3 is 0 Å². The maximum atomic E-state index is 11.4. The fourth-order valence-corrected chi connectivity index (χ4v) is 6.27. The van der Waals surface area contributed by atoms with Crippen molar-refractivity contribution in [2.24, 2.45) is 17.3 Å². The van der Waals surface area contributed by atoms with Crippen LogP contribution in [0, 0.1) is 17.3 Å². The zero-order valence-corrected chi connectivity index (χ0v) is 28.9. The summed E-state index contributed by atoms with van der Waals surface area (Å²) in [5.74, 6) is 1.63. The van der Waals surface area contributed by atoms with E-state index in [1.54, 1.807) is 0 Å². The van der Waals surface area contributed by atoms with E-state index in [0.717, 1.165) is 52.2 Å². The van der Waals surface area contributed by atoms with Gasteiger partial charge in [-0.1, -0.05) is 86.6 Å². The molecule has 3 rings (SSSR count). The summed E-state index contributed by atoms with van der Waals surface area (Å²) in [7, 11) is 0. The first-order valence-corrected chi connectivity index (χ1v) is 16.2. The van der Waals surface area contributed by atoms with Crippen LogP contribution in [0.1, 0.15) is 111 Å². The van der Waals surface area contributed by atoms with Crippen LogP contribution in [0.4, 0.5) is 17.1 Å². The SMILES string of the molecule is C=C(C)c1cc(CN(c2ccc(Nc3ccc(CC(C)CC(C)(C)C)cc3)cc2)C(C)CC(C)C)c(O)c(C(C)(C)C)c1. The van der Waals surface area contributed by atoms with Crippen LogP contribution in [0.25, 0.3) is 5.57 Å². The van der Waals surface area contributed by atoms with E-state index in [9.17, 15) is 5.11 Å². The number of phenols is 1. The number of hydrogen-bond acceptors (Lipinski definition) is 3. The Balaban J connectivity index is 1.83. The van der Waals surface area contributed by atoms with Crippen LogP contribution in [0.5, 0.6) is 5.75 Å². The van der Waals surface area contributed by atoms with Crippen molar-refractivity contribution in [3.8, 4) is 5.75 Å². The molecule has 0 aliphatic carbocycles. The number of nitrogens with zero attached hydrogens (tertiary/aromatic N) is 1. The molecule has 0 saturated carbocycles. The number of nitrogens with one attached hydrogen (secondary N) is 1. The van der Waals surface area contributed by atoms with Crippen LogP contribution in [0.2, 0.25) is 0 Å². The number of aromatic hydroxyl groups is 1. The minimum Gasteiger partial charge on any atom is -0.507 e. The summed E-state index contributed by atoms with van der Waals surface area (Å²) in [6, 6.07) is 22.1. The second-order valence-electron chi connectivity index (χ2n) is 15.6. The first-order chi connectivity index (χ1) is 19.9. The highest BCUT2D eigenvalue weighted by Crippen LogP contribution is 2.38. The fourth-order valence-electron chi connectivity index (χ4n) is 6.27. The highest BCUT2D eigenvalue weighted by molar-refractivity contribution is 5.67. The Morgan fingerprint density at radius 3 is 1.91 bits per heavy atom. The van der Waals surface area contributed by atoms with Gasteiger partial charge in [-0.05, 0) is 115 Å². The zero-order valence-electron chi connectivity index (χ0n) is 28.9. The average molecular weight is 583 g/mol. The van der Waals surface area contributed by atoms with Gasteiger partial charge in [0.15, 0.2) is 0 Å². The lowest BCUT2D eigenvalue weighted by Crippen LogP contribution is -2.33. The molecule has 0 amide bonds. The molecule has 2 unspecified atom stereocenters. The van der Waals surface area contributed by atoms with Crippen molar-refractivity contribution in [2.45, 2.75) is 113 Å². The van der Waals surface area contributed by atoms with Gasteiger partial charge in [0, 0.05) is 40.8 Å². The van der Waals surface area contributed by atoms with E-state index in [0.29, 0.717) is 35.6 Å². The van der Waals surface area contributed by atoms with E-state index in [4.69, 9.17) is 0 Å². The van der Waals surface area contributed by atoms with Crippen LogP contribution in [0.3, 0.4) is 0 Å². The summed E-state index contributed by atoms with van der Waals surface area (Å²) in [6.07, 6.45) is 3.40. The zero-order chi connectivity index (χ0) is 32.1. The normalized spacial score (nSPS) is 13.6. The molecule has 0 radical (unpaired) electrons. The standard InChI is InChI=1S/C40H58N2O/c1-27(2)21-30(6)42(26-33-23-32(28(3)4)24-37(38(33)43)40(10,11)12)36-19-17-35(18-20-36)41-34-15-13-31(14-16-34)22-29(5)25-39(7,8)9/h13-20,23-24,27,29-30,41,43H,3,21-22,25-26H2,1-2,4-12H3. The summed E-state index contributed by atoms with van der Waals surface area (Å²) in [4.78, 5) is 2.43. The molecule has 234 valence electrons. The summed E-state index contributed by atoms with van der Waals surface area (Å²) >= 11 is 0. The number of phenolic OH excluding ortho intramolecular Hbond substituents is 1. The van der Waals surface area contributed by atoms with E-state index < -0.39 is 0 Å². The number of benzene rings is 3. The Kier molecular flexibility index (Phi) is 11.2. The van der Waals surface area contributed by atoms with Crippen LogP contribution in [-0.4, -0.2) is 11.1 Å². The van der Waals surface area contributed by atoms with Crippen LogP contribution < -0.4 is 10.2 Å². The Hall–Kier alpha value is -3.20. The maximum absolute atomic E-state index is 11.4. The van der Waals surface area contributed by atoms with Crippen molar-refractivity contribution in [1.29, 1.82) is 0 Å². The lowest BCUT2D eigenvalue weighted by Gasteiger charge is -2.34. The monoisotopic (exact) mass is 582 g/mol. The van der Waals surface area contributed by atoms with Gasteiger partial charge < -0.3 is 15.3 Å². The Morgan fingerprint density at radius 1 is 0.860 bits per heavy atom. The van der Waals surface area contributed by atoms with Crippen LogP contribution in [0.15, 0.2) is 67.2 Å². The molecule has 0 aliphatic heterocycles. The molecule has 43 heavy (non-hydrogen) atoms. The molecule has 3 heteroatoms. The predicted octanol–water partition coefficient (Wildman–Crippen LogP) is 11.5. The summed E-state index contributed by atoms with van der Waals surface area (Å²) in [6.45, 7) is 29.5. The number of anilines is 3. The molecule has 3 aromatic rings. The maximum Gasteiger partial charge on any atom is 0.124 e. The second-order valence-corrected chi connectivity index (χ2v) is 15.6. The molecule has 0 heterocycles. The predicted molar refractivity (Wildman–Crippen MR) is 190 cm³/mol. The Morgan fingerprint density at radius 2 is 1.42 bits per heavy atom. The van der Waals surface area contributed by atoms with Crippen molar-refractivity contribution in [3.63, 3.8) is 0 Å². The van der Waals surface area contributed by atoms with Crippen molar-refractivity contribution in [2.75, 3.05) is 10.2 Å². The van der Waals surface area contributed by atoms with Gasteiger partial charge in [0.25, 0.3) is 0 Å². The van der Waals surface area contributed by atoms with Gasteiger partial charge in [0.1, 0.15) is 5.75 Å². The van der Waals surface area contributed by atoms with E-state index in [1.165, 1.54) is 12.0 Å². The largest absolute Gasteiger partial charge is 0.507 e. The topological polar surface area (TPSA) is 35.5 Å². The second kappa shape index (κ2) is 14.1. The molecule has 3 nitrogen and oxygen atoms in total. The van der Waals surface area contributed by atoms with Crippen molar-refractivity contribution in [1.82, 2.24) is 0 Å². The molecule has 2 N–H and O–H groups in total. The summed E-state index contributed by atoms with van der Waals surface area (Å²) in [5, 5.41) is 15.0. The fraction of sp³-hybridized carbons (Fsp3) is 0.500. The molecule has 0 fully saturated rings.